The maximum atomic E-state index is 12.2. The molecule has 1 aromatic carbocycles. The Morgan fingerprint density at radius 2 is 1.95 bits per heavy atom. The van der Waals surface area contributed by atoms with Crippen molar-refractivity contribution in [1.82, 2.24) is 9.78 Å². The van der Waals surface area contributed by atoms with Gasteiger partial charge in [0.05, 0.1) is 13.7 Å². The molecule has 0 atom stereocenters. The van der Waals surface area contributed by atoms with Crippen LogP contribution in [-0.2, 0) is 13.1 Å². The molecule has 21 heavy (non-hydrogen) atoms. The van der Waals surface area contributed by atoms with Crippen molar-refractivity contribution in [1.29, 1.82) is 0 Å². The summed E-state index contributed by atoms with van der Waals surface area (Å²) >= 11 is 0. The van der Waals surface area contributed by atoms with E-state index in [0.29, 0.717) is 23.4 Å². The van der Waals surface area contributed by atoms with E-state index >= 15 is 0 Å². The second-order valence-electron chi connectivity index (χ2n) is 4.93. The smallest absolute Gasteiger partial charge is 0.268 e. The van der Waals surface area contributed by atoms with Crippen molar-refractivity contribution in [3.8, 4) is 5.75 Å². The fourth-order valence-electron chi connectivity index (χ4n) is 2.15. The minimum atomic E-state index is -0.263. The van der Waals surface area contributed by atoms with Crippen LogP contribution < -0.4 is 21.6 Å². The first-order valence-electron chi connectivity index (χ1n) is 6.64. The number of ether oxygens (including phenoxy) is 1. The second kappa shape index (κ2) is 5.97. The molecule has 2 rings (SSSR count). The van der Waals surface area contributed by atoms with Crippen molar-refractivity contribution < 1.29 is 4.74 Å². The molecule has 1 heterocycles. The predicted octanol–water partition coefficient (Wildman–Crippen LogP) is 0.669. The number of rotatable bonds is 4. The zero-order valence-corrected chi connectivity index (χ0v) is 12.4. The van der Waals surface area contributed by atoms with Crippen molar-refractivity contribution in [2.45, 2.75) is 26.9 Å². The summed E-state index contributed by atoms with van der Waals surface area (Å²) in [7, 11) is 1.56. The second-order valence-corrected chi connectivity index (χ2v) is 4.93. The number of H-pyrrole nitrogens is 1. The summed E-state index contributed by atoms with van der Waals surface area (Å²) in [5.41, 5.74) is 7.78. The number of nitrogens with zero attached hydrogens (tertiary/aromatic N) is 1. The van der Waals surface area contributed by atoms with Gasteiger partial charge >= 0.3 is 0 Å². The molecule has 0 saturated heterocycles. The third kappa shape index (κ3) is 2.90. The summed E-state index contributed by atoms with van der Waals surface area (Å²) in [5.74, 6) is 0.651. The van der Waals surface area contributed by atoms with Crippen LogP contribution in [0.4, 0.5) is 0 Å². The molecular formula is C15H19N3O3. The monoisotopic (exact) mass is 289 g/mol. The molecule has 0 unspecified atom stereocenters. The minimum absolute atomic E-state index is 0.215. The van der Waals surface area contributed by atoms with Crippen LogP contribution in [0.25, 0.3) is 0 Å². The zero-order valence-electron chi connectivity index (χ0n) is 12.4. The van der Waals surface area contributed by atoms with Gasteiger partial charge in [0.25, 0.3) is 11.1 Å². The Hall–Kier alpha value is -2.34. The van der Waals surface area contributed by atoms with Gasteiger partial charge in [-0.3, -0.25) is 14.7 Å². The predicted molar refractivity (Wildman–Crippen MR) is 80.8 cm³/mol. The highest BCUT2D eigenvalue weighted by Crippen LogP contribution is 2.20. The fourth-order valence-corrected chi connectivity index (χ4v) is 2.15. The van der Waals surface area contributed by atoms with Crippen molar-refractivity contribution >= 4 is 0 Å². The summed E-state index contributed by atoms with van der Waals surface area (Å²) < 4.78 is 6.59. The molecule has 0 aliphatic carbocycles. The van der Waals surface area contributed by atoms with Gasteiger partial charge in [-0.15, -0.1) is 0 Å². The van der Waals surface area contributed by atoms with Crippen molar-refractivity contribution in [3.63, 3.8) is 0 Å². The number of aromatic nitrogens is 2. The highest BCUT2D eigenvalue weighted by molar-refractivity contribution is 5.37. The van der Waals surface area contributed by atoms with Crippen molar-refractivity contribution in [2.24, 2.45) is 5.73 Å². The Balaban J connectivity index is 2.52. The average Bonchev–Trinajstić information content (AvgIpc) is 2.50. The molecule has 3 N–H and O–H groups in total. The molecule has 0 fully saturated rings. The SMILES string of the molecule is COc1ccc(CN)cc1Cn1[nH]c(=O)c(C)c(C)c1=O. The molecule has 0 radical (unpaired) electrons. The van der Waals surface area contributed by atoms with Gasteiger partial charge in [0, 0.05) is 23.2 Å². The Labute approximate surface area is 122 Å². The molecule has 6 heteroatoms. The van der Waals surface area contributed by atoms with Gasteiger partial charge in [0.2, 0.25) is 0 Å². The Morgan fingerprint density at radius 3 is 2.57 bits per heavy atom. The van der Waals surface area contributed by atoms with E-state index in [-0.39, 0.29) is 17.7 Å². The van der Waals surface area contributed by atoms with Crippen molar-refractivity contribution in [2.75, 3.05) is 7.11 Å². The van der Waals surface area contributed by atoms with Gasteiger partial charge in [-0.1, -0.05) is 6.07 Å². The van der Waals surface area contributed by atoms with Gasteiger partial charge < -0.3 is 10.5 Å². The van der Waals surface area contributed by atoms with E-state index in [1.807, 2.05) is 18.2 Å². The molecular weight excluding hydrogens is 270 g/mol. The molecule has 2 aromatic rings. The van der Waals surface area contributed by atoms with Crippen LogP contribution in [0.15, 0.2) is 27.8 Å². The van der Waals surface area contributed by atoms with Crippen LogP contribution in [0, 0.1) is 13.8 Å². The van der Waals surface area contributed by atoms with E-state index in [4.69, 9.17) is 10.5 Å². The zero-order chi connectivity index (χ0) is 15.6. The van der Waals surface area contributed by atoms with Gasteiger partial charge in [0.1, 0.15) is 5.75 Å². The first-order chi connectivity index (χ1) is 9.97. The number of aromatic amines is 1. The normalized spacial score (nSPS) is 10.7. The number of hydrogen-bond donors (Lipinski definition) is 2. The first kappa shape index (κ1) is 15.1. The maximum absolute atomic E-state index is 12.2. The molecule has 0 spiro atoms. The maximum Gasteiger partial charge on any atom is 0.268 e. The summed E-state index contributed by atoms with van der Waals surface area (Å²) in [5, 5.41) is 2.58. The van der Waals surface area contributed by atoms with Crippen LogP contribution in [0.3, 0.4) is 0 Å². The standard InChI is InChI=1S/C15H19N3O3/c1-9-10(2)15(20)18(17-14(9)19)8-12-6-11(7-16)4-5-13(12)21-3/h4-6H,7-8,16H2,1-3H3,(H,17,19). The van der Waals surface area contributed by atoms with Crippen LogP contribution in [0.1, 0.15) is 22.3 Å². The molecule has 0 aliphatic heterocycles. The number of nitrogens with one attached hydrogen (secondary N) is 1. The number of benzene rings is 1. The van der Waals surface area contributed by atoms with E-state index in [2.05, 4.69) is 5.10 Å². The molecule has 0 aliphatic rings. The lowest BCUT2D eigenvalue weighted by Crippen LogP contribution is -2.33. The Kier molecular flexibility index (Phi) is 4.28. The van der Waals surface area contributed by atoms with E-state index in [0.717, 1.165) is 11.1 Å². The lowest BCUT2D eigenvalue weighted by atomic mass is 10.1. The molecule has 1 aromatic heterocycles. The summed E-state index contributed by atoms with van der Waals surface area (Å²) in [6, 6.07) is 5.55. The molecule has 6 nitrogen and oxygen atoms in total. The van der Waals surface area contributed by atoms with E-state index < -0.39 is 0 Å². The molecule has 0 saturated carbocycles. The summed E-state index contributed by atoms with van der Waals surface area (Å²) in [6.45, 7) is 3.91. The van der Waals surface area contributed by atoms with Gasteiger partial charge in [0.15, 0.2) is 0 Å². The number of nitrogens with two attached hydrogens (primary N) is 1. The van der Waals surface area contributed by atoms with Crippen LogP contribution >= 0.6 is 0 Å². The van der Waals surface area contributed by atoms with Crippen LogP contribution in [0.2, 0.25) is 0 Å². The topological polar surface area (TPSA) is 90.1 Å². The highest BCUT2D eigenvalue weighted by Gasteiger charge is 2.10. The van der Waals surface area contributed by atoms with Gasteiger partial charge in [-0.25, -0.2) is 4.68 Å². The van der Waals surface area contributed by atoms with Gasteiger partial charge in [-0.2, -0.15) is 0 Å². The number of hydrogen-bond acceptors (Lipinski definition) is 4. The molecule has 0 bridgehead atoms. The first-order valence-corrected chi connectivity index (χ1v) is 6.64. The Morgan fingerprint density at radius 1 is 1.24 bits per heavy atom. The van der Waals surface area contributed by atoms with E-state index in [9.17, 15) is 9.59 Å². The van der Waals surface area contributed by atoms with Crippen molar-refractivity contribution in [3.05, 3.63) is 61.2 Å². The lowest BCUT2D eigenvalue weighted by molar-refractivity contribution is 0.406. The van der Waals surface area contributed by atoms with E-state index in [1.54, 1.807) is 21.0 Å². The van der Waals surface area contributed by atoms with Gasteiger partial charge in [-0.05, 0) is 31.5 Å². The lowest BCUT2D eigenvalue weighted by Gasteiger charge is -2.12. The molecule has 112 valence electrons. The molecule has 0 amide bonds. The highest BCUT2D eigenvalue weighted by atomic mass is 16.5. The third-order valence-corrected chi connectivity index (χ3v) is 3.61. The third-order valence-electron chi connectivity index (χ3n) is 3.61. The Bertz CT molecular complexity index is 775. The summed E-state index contributed by atoms with van der Waals surface area (Å²) in [6.07, 6.45) is 0. The van der Waals surface area contributed by atoms with Crippen LogP contribution in [0.5, 0.6) is 5.75 Å². The quantitative estimate of drug-likeness (QED) is 0.865. The largest absolute Gasteiger partial charge is 0.496 e. The van der Waals surface area contributed by atoms with Crippen LogP contribution in [-0.4, -0.2) is 16.9 Å². The summed E-state index contributed by atoms with van der Waals surface area (Å²) in [4.78, 5) is 24.0. The van der Waals surface area contributed by atoms with E-state index in [1.165, 1.54) is 4.68 Å². The number of methoxy groups -OCH3 is 1. The average molecular weight is 289 g/mol. The fraction of sp³-hybridized carbons (Fsp3) is 0.333. The minimum Gasteiger partial charge on any atom is -0.496 e.